The Morgan fingerprint density at radius 2 is 1.91 bits per heavy atom. The Hall–Kier alpha value is -1.84. The number of aliphatic carboxylic acids is 1. The maximum absolute atomic E-state index is 12.9. The second kappa shape index (κ2) is 6.73. The van der Waals surface area contributed by atoms with E-state index in [4.69, 9.17) is 0 Å². The summed E-state index contributed by atoms with van der Waals surface area (Å²) >= 11 is 0. The van der Waals surface area contributed by atoms with Gasteiger partial charge in [-0.3, -0.25) is 9.59 Å². The molecule has 0 unspecified atom stereocenters. The maximum Gasteiger partial charge on any atom is 0.307 e. The van der Waals surface area contributed by atoms with Crippen molar-refractivity contribution in [2.24, 2.45) is 11.8 Å². The van der Waals surface area contributed by atoms with E-state index in [0.717, 1.165) is 25.7 Å². The van der Waals surface area contributed by atoms with E-state index in [2.05, 4.69) is 25.1 Å². The summed E-state index contributed by atoms with van der Waals surface area (Å²) < 4.78 is 0. The van der Waals surface area contributed by atoms with Crippen LogP contribution in [-0.2, 0) is 29.0 Å². The van der Waals surface area contributed by atoms with E-state index in [0.29, 0.717) is 25.9 Å². The van der Waals surface area contributed by atoms with Gasteiger partial charge in [0.2, 0.25) is 5.91 Å². The molecule has 2 aliphatic rings. The first-order valence-corrected chi connectivity index (χ1v) is 8.72. The predicted molar refractivity (Wildman–Crippen MR) is 88.0 cm³/mol. The molecule has 0 saturated heterocycles. The third-order valence-electron chi connectivity index (χ3n) is 5.40. The highest BCUT2D eigenvalue weighted by Gasteiger charge is 2.38. The van der Waals surface area contributed by atoms with Crippen LogP contribution in [0.1, 0.15) is 49.3 Å². The fraction of sp³-hybridized carbons (Fsp3) is 0.579. The second-order valence-electron chi connectivity index (χ2n) is 6.80. The van der Waals surface area contributed by atoms with Crippen LogP contribution in [0.2, 0.25) is 0 Å². The second-order valence-corrected chi connectivity index (χ2v) is 6.80. The molecule has 2 atom stereocenters. The fourth-order valence-corrected chi connectivity index (χ4v) is 3.98. The van der Waals surface area contributed by atoms with Crippen LogP contribution < -0.4 is 0 Å². The zero-order chi connectivity index (χ0) is 16.4. The van der Waals surface area contributed by atoms with Gasteiger partial charge >= 0.3 is 5.97 Å². The van der Waals surface area contributed by atoms with E-state index in [9.17, 15) is 14.7 Å². The summed E-state index contributed by atoms with van der Waals surface area (Å²) in [5.74, 6) is -1.60. The van der Waals surface area contributed by atoms with Crippen molar-refractivity contribution in [3.05, 3.63) is 34.9 Å². The van der Waals surface area contributed by atoms with Gasteiger partial charge in [0.05, 0.1) is 11.8 Å². The molecule has 0 bridgehead atoms. The third kappa shape index (κ3) is 3.26. The maximum atomic E-state index is 12.9. The van der Waals surface area contributed by atoms with E-state index in [1.165, 1.54) is 16.7 Å². The monoisotopic (exact) mass is 315 g/mol. The number of hydrogen-bond donors (Lipinski definition) is 1. The Kier molecular flexibility index (Phi) is 4.69. The SMILES string of the molecule is CCc1ccc2c(c1)CN(C(=O)[C@@H]1CCCC[C@@H]1C(=O)O)CC2. The topological polar surface area (TPSA) is 57.6 Å². The summed E-state index contributed by atoms with van der Waals surface area (Å²) in [7, 11) is 0. The van der Waals surface area contributed by atoms with Gasteiger partial charge in [-0.25, -0.2) is 0 Å². The van der Waals surface area contributed by atoms with Crippen molar-refractivity contribution in [1.29, 1.82) is 0 Å². The van der Waals surface area contributed by atoms with Gasteiger partial charge in [-0.15, -0.1) is 0 Å². The summed E-state index contributed by atoms with van der Waals surface area (Å²) in [5.41, 5.74) is 3.84. The highest BCUT2D eigenvalue weighted by Crippen LogP contribution is 2.33. The lowest BCUT2D eigenvalue weighted by Crippen LogP contribution is -2.44. The van der Waals surface area contributed by atoms with E-state index < -0.39 is 11.9 Å². The van der Waals surface area contributed by atoms with E-state index in [-0.39, 0.29) is 11.8 Å². The molecule has 1 aliphatic carbocycles. The normalized spacial score (nSPS) is 24.1. The van der Waals surface area contributed by atoms with Crippen LogP contribution in [0, 0.1) is 11.8 Å². The van der Waals surface area contributed by atoms with Gasteiger partial charge < -0.3 is 10.0 Å². The smallest absolute Gasteiger partial charge is 0.307 e. The summed E-state index contributed by atoms with van der Waals surface area (Å²) in [4.78, 5) is 26.2. The molecule has 1 aromatic carbocycles. The summed E-state index contributed by atoms with van der Waals surface area (Å²) in [5, 5.41) is 9.41. The molecule has 4 nitrogen and oxygen atoms in total. The van der Waals surface area contributed by atoms with Crippen molar-refractivity contribution < 1.29 is 14.7 Å². The molecule has 23 heavy (non-hydrogen) atoms. The number of carbonyl (C=O) groups excluding carboxylic acids is 1. The van der Waals surface area contributed by atoms with Gasteiger partial charge in [-0.2, -0.15) is 0 Å². The summed E-state index contributed by atoms with van der Waals surface area (Å²) in [6.45, 7) is 3.47. The van der Waals surface area contributed by atoms with Crippen molar-refractivity contribution in [1.82, 2.24) is 4.90 Å². The van der Waals surface area contributed by atoms with Gasteiger partial charge in [0.25, 0.3) is 0 Å². The van der Waals surface area contributed by atoms with Crippen LogP contribution in [0.4, 0.5) is 0 Å². The Morgan fingerprint density at radius 3 is 2.61 bits per heavy atom. The lowest BCUT2D eigenvalue weighted by Gasteiger charge is -2.35. The van der Waals surface area contributed by atoms with E-state index in [1.807, 2.05) is 4.90 Å². The molecule has 0 aromatic heterocycles. The third-order valence-corrected chi connectivity index (χ3v) is 5.40. The average Bonchev–Trinajstić information content (AvgIpc) is 2.60. The standard InChI is InChI=1S/C19H25NO3/c1-2-13-7-8-14-9-10-20(12-15(14)11-13)18(21)16-5-3-4-6-17(16)19(22)23/h7-8,11,16-17H,2-6,9-10,12H2,1H3,(H,22,23)/t16-,17+/m1/s1. The van der Waals surface area contributed by atoms with Crippen LogP contribution in [-0.4, -0.2) is 28.4 Å². The zero-order valence-electron chi connectivity index (χ0n) is 13.8. The quantitative estimate of drug-likeness (QED) is 0.933. The number of hydrogen-bond acceptors (Lipinski definition) is 2. The Labute approximate surface area is 137 Å². The number of benzene rings is 1. The molecule has 1 saturated carbocycles. The number of aryl methyl sites for hydroxylation is 1. The molecule has 0 spiro atoms. The zero-order valence-corrected chi connectivity index (χ0v) is 13.8. The van der Waals surface area contributed by atoms with Crippen molar-refractivity contribution in [2.45, 2.75) is 52.0 Å². The highest BCUT2D eigenvalue weighted by molar-refractivity contribution is 5.85. The average molecular weight is 315 g/mol. The molecule has 1 amide bonds. The molecule has 3 rings (SSSR count). The van der Waals surface area contributed by atoms with Crippen molar-refractivity contribution in [2.75, 3.05) is 6.54 Å². The largest absolute Gasteiger partial charge is 0.481 e. The van der Waals surface area contributed by atoms with Crippen LogP contribution in [0.15, 0.2) is 18.2 Å². The molecule has 0 radical (unpaired) electrons. The minimum Gasteiger partial charge on any atom is -0.481 e. The van der Waals surface area contributed by atoms with Crippen LogP contribution in [0.3, 0.4) is 0 Å². The van der Waals surface area contributed by atoms with E-state index in [1.54, 1.807) is 0 Å². The van der Waals surface area contributed by atoms with Crippen molar-refractivity contribution >= 4 is 11.9 Å². The Morgan fingerprint density at radius 1 is 1.17 bits per heavy atom. The van der Waals surface area contributed by atoms with Gasteiger partial charge in [0.1, 0.15) is 0 Å². The van der Waals surface area contributed by atoms with Gasteiger partial charge in [0.15, 0.2) is 0 Å². The molecule has 1 aromatic rings. The Bertz CT molecular complexity index is 611. The molecule has 124 valence electrons. The van der Waals surface area contributed by atoms with Gasteiger partial charge in [-0.05, 0) is 42.4 Å². The number of carboxylic acids is 1. The van der Waals surface area contributed by atoms with Gasteiger partial charge in [0, 0.05) is 13.1 Å². The lowest BCUT2D eigenvalue weighted by molar-refractivity contribution is -0.152. The minimum absolute atomic E-state index is 0.0460. The first-order valence-electron chi connectivity index (χ1n) is 8.72. The Balaban J connectivity index is 1.76. The lowest BCUT2D eigenvalue weighted by atomic mass is 9.78. The number of rotatable bonds is 3. The number of amides is 1. The number of fused-ring (bicyclic) bond motifs is 1. The first-order chi connectivity index (χ1) is 11.1. The minimum atomic E-state index is -0.811. The molecular formula is C19H25NO3. The number of carboxylic acid groups (broad SMARTS) is 1. The summed E-state index contributed by atoms with van der Waals surface area (Å²) in [6, 6.07) is 6.54. The molecule has 4 heteroatoms. The van der Waals surface area contributed by atoms with Gasteiger partial charge in [-0.1, -0.05) is 38.0 Å². The molecule has 1 fully saturated rings. The van der Waals surface area contributed by atoms with E-state index >= 15 is 0 Å². The highest BCUT2D eigenvalue weighted by atomic mass is 16.4. The fourth-order valence-electron chi connectivity index (χ4n) is 3.98. The number of nitrogens with zero attached hydrogens (tertiary/aromatic N) is 1. The first kappa shape index (κ1) is 16.0. The van der Waals surface area contributed by atoms with Crippen LogP contribution >= 0.6 is 0 Å². The molecule has 1 heterocycles. The van der Waals surface area contributed by atoms with Crippen molar-refractivity contribution in [3.63, 3.8) is 0 Å². The van der Waals surface area contributed by atoms with Crippen LogP contribution in [0.5, 0.6) is 0 Å². The number of carbonyl (C=O) groups is 2. The summed E-state index contributed by atoms with van der Waals surface area (Å²) in [6.07, 6.45) is 5.10. The van der Waals surface area contributed by atoms with Crippen molar-refractivity contribution in [3.8, 4) is 0 Å². The predicted octanol–water partition coefficient (Wildman–Crippen LogP) is 3.02. The molecular weight excluding hydrogens is 290 g/mol. The molecule has 1 aliphatic heterocycles. The molecule has 1 N–H and O–H groups in total. The van der Waals surface area contributed by atoms with Crippen LogP contribution in [0.25, 0.3) is 0 Å².